The first-order valence-electron chi connectivity index (χ1n) is 21.1. The number of Topliss-reactive ketones (excluding diaryl/α,β-unsaturated/α-hetero) is 1. The van der Waals surface area contributed by atoms with Gasteiger partial charge in [-0.3, -0.25) is 9.69 Å². The molecule has 0 bridgehead atoms. The van der Waals surface area contributed by atoms with Crippen molar-refractivity contribution < 1.29 is 59.8 Å². The predicted octanol–water partition coefficient (Wildman–Crippen LogP) is 6.35. The highest BCUT2D eigenvalue weighted by Crippen LogP contribution is 2.58. The summed E-state index contributed by atoms with van der Waals surface area (Å²) in [7, 11) is 4.70. The second-order valence-corrected chi connectivity index (χ2v) is 20.8. The molecule has 0 atom stereocenters. The fourth-order valence-corrected chi connectivity index (χ4v) is 11.2. The zero-order valence-corrected chi connectivity index (χ0v) is 41.6. The predicted molar refractivity (Wildman–Crippen MR) is 257 cm³/mol. The van der Waals surface area contributed by atoms with Gasteiger partial charge in [0.25, 0.3) is 0 Å². The lowest BCUT2D eigenvalue weighted by atomic mass is 10.0. The molecule has 7 rings (SSSR count). The first-order chi connectivity index (χ1) is 30.4. The number of nitrogens with zero attached hydrogens (tertiary/aromatic N) is 2. The summed E-state index contributed by atoms with van der Waals surface area (Å²) in [5.74, 6) is 3.21. The van der Waals surface area contributed by atoms with Crippen molar-refractivity contribution in [1.82, 2.24) is 9.80 Å². The van der Waals surface area contributed by atoms with Gasteiger partial charge in [0, 0.05) is 25.2 Å². The molecule has 346 valence electrons. The topological polar surface area (TPSA) is 113 Å². The Kier molecular flexibility index (Phi) is 18.6. The number of rotatable bonds is 10. The number of amides is 2. The molecule has 2 fully saturated rings. The molecule has 65 heavy (non-hydrogen) atoms. The van der Waals surface area contributed by atoms with Gasteiger partial charge in [0.15, 0.2) is 5.78 Å². The van der Waals surface area contributed by atoms with Gasteiger partial charge in [0.2, 0.25) is 0 Å². The van der Waals surface area contributed by atoms with Crippen molar-refractivity contribution in [3.8, 4) is 23.0 Å². The Morgan fingerprint density at radius 3 is 1.20 bits per heavy atom. The summed E-state index contributed by atoms with van der Waals surface area (Å²) in [5.41, 5.74) is 2.43. The number of methoxy groups -OCH3 is 4. The number of carbonyl (C=O) groups is 3. The van der Waals surface area contributed by atoms with E-state index in [0.717, 1.165) is 34.7 Å². The molecular weight excluding hydrogens is 907 g/mol. The van der Waals surface area contributed by atoms with Crippen molar-refractivity contribution in [3.63, 3.8) is 0 Å². The largest absolute Gasteiger partial charge is 1.00 e. The minimum Gasteiger partial charge on any atom is -1.00 e. The summed E-state index contributed by atoms with van der Waals surface area (Å²) in [4.78, 5) is 36.6. The maximum absolute atomic E-state index is 11.9. The van der Waals surface area contributed by atoms with E-state index in [9.17, 15) is 14.4 Å². The van der Waals surface area contributed by atoms with Gasteiger partial charge >= 0.3 is 12.2 Å². The van der Waals surface area contributed by atoms with Crippen molar-refractivity contribution in [1.29, 1.82) is 0 Å². The third-order valence-corrected chi connectivity index (χ3v) is 14.4. The molecule has 2 aliphatic heterocycles. The zero-order valence-electron chi connectivity index (χ0n) is 39.1. The molecule has 2 saturated heterocycles. The van der Waals surface area contributed by atoms with Crippen LogP contribution in [-0.2, 0) is 20.4 Å². The van der Waals surface area contributed by atoms with Gasteiger partial charge < -0.3 is 50.3 Å². The third kappa shape index (κ3) is 14.8. The van der Waals surface area contributed by atoms with Gasteiger partial charge in [-0.1, -0.05) is 60.7 Å². The summed E-state index contributed by atoms with van der Waals surface area (Å²) in [6.45, 7) is 12.6. The number of halogens is 1. The standard InChI is InChI=1S/C27H26O2P.C17H23NO4.C8H13NO3.BrH/c1-28-23-18-22(19-24(20-23)29-2)21-30(25-12-6-3-7-13-25,26-14-8-4-9-15-26)27-16-10-5-11-17-27;1-17(2,3)22-16(19)18-10-13(11-18)6-12-7-14(20-4)9-15(8-12)21-5;1-8(2,3)12-7(11)9-4-6(10)5-9;/h3-20H,21H2,1-2H3;6-9H,10-11H2,1-5H3;4-5H2,1-3H3;1H/q+1;;;/p-1. The maximum Gasteiger partial charge on any atom is 0.411 e. The van der Waals surface area contributed by atoms with Crippen molar-refractivity contribution >= 4 is 47.2 Å². The summed E-state index contributed by atoms with van der Waals surface area (Å²) in [6.07, 6.45) is 2.26. The van der Waals surface area contributed by atoms with E-state index in [1.54, 1.807) is 54.1 Å². The summed E-state index contributed by atoms with van der Waals surface area (Å²) < 4.78 is 32.0. The van der Waals surface area contributed by atoms with Crippen LogP contribution in [0.5, 0.6) is 23.0 Å². The summed E-state index contributed by atoms with van der Waals surface area (Å²) in [6, 6.07) is 44.6. The van der Waals surface area contributed by atoms with E-state index in [1.165, 1.54) is 32.0 Å². The van der Waals surface area contributed by atoms with Crippen molar-refractivity contribution in [2.24, 2.45) is 0 Å². The lowest BCUT2D eigenvalue weighted by molar-refractivity contribution is -0.128. The van der Waals surface area contributed by atoms with Crippen LogP contribution in [0.4, 0.5) is 9.59 Å². The van der Waals surface area contributed by atoms with Crippen LogP contribution in [-0.4, -0.2) is 93.6 Å². The number of hydrogen-bond donors (Lipinski definition) is 0. The Morgan fingerprint density at radius 2 is 0.877 bits per heavy atom. The number of ether oxygens (including phenoxy) is 6. The van der Waals surface area contributed by atoms with Crippen LogP contribution in [0.2, 0.25) is 0 Å². The molecule has 2 aliphatic rings. The Labute approximate surface area is 395 Å². The van der Waals surface area contributed by atoms with Crippen LogP contribution in [0.15, 0.2) is 133 Å². The maximum atomic E-state index is 11.9. The van der Waals surface area contributed by atoms with E-state index in [4.69, 9.17) is 28.4 Å². The van der Waals surface area contributed by atoms with Crippen LogP contribution < -0.4 is 51.8 Å². The fourth-order valence-electron chi connectivity index (χ4n) is 6.97. The van der Waals surface area contributed by atoms with Crippen LogP contribution in [0.1, 0.15) is 52.7 Å². The van der Waals surface area contributed by atoms with Gasteiger partial charge in [0.05, 0.1) is 47.7 Å². The molecule has 0 N–H and O–H groups in total. The van der Waals surface area contributed by atoms with Crippen LogP contribution in [0.25, 0.3) is 6.08 Å². The minimum absolute atomic E-state index is 0. The minimum atomic E-state index is -1.95. The van der Waals surface area contributed by atoms with E-state index < -0.39 is 24.6 Å². The second-order valence-electron chi connectivity index (χ2n) is 17.4. The summed E-state index contributed by atoms with van der Waals surface area (Å²) >= 11 is 0. The monoisotopic (exact) mass is 968 g/mol. The van der Waals surface area contributed by atoms with E-state index in [0.29, 0.717) is 13.1 Å². The molecule has 11 nitrogen and oxygen atoms in total. The molecule has 0 aliphatic carbocycles. The number of ketones is 1. The molecule has 0 radical (unpaired) electrons. The highest BCUT2D eigenvalue weighted by molar-refractivity contribution is 7.95. The van der Waals surface area contributed by atoms with Gasteiger partial charge in [-0.2, -0.15) is 0 Å². The third-order valence-electron chi connectivity index (χ3n) is 9.99. The van der Waals surface area contributed by atoms with Crippen LogP contribution in [0.3, 0.4) is 0 Å². The van der Waals surface area contributed by atoms with Crippen LogP contribution >= 0.6 is 7.26 Å². The highest BCUT2D eigenvalue weighted by atomic mass is 79.9. The fraction of sp³-hybridized carbons (Fsp3) is 0.327. The average molecular weight is 970 g/mol. The molecule has 5 aromatic rings. The molecular formula is C52H62BrN2O9P. The summed E-state index contributed by atoms with van der Waals surface area (Å²) in [5, 5.41) is 4.09. The first-order valence-corrected chi connectivity index (χ1v) is 23.1. The number of hydrogen-bond acceptors (Lipinski definition) is 9. The Bertz CT molecular complexity index is 2210. The molecule has 13 heteroatoms. The Hall–Kier alpha value is -5.84. The van der Waals surface area contributed by atoms with Crippen molar-refractivity contribution in [2.45, 2.75) is 58.9 Å². The normalized spacial score (nSPS) is 13.1. The van der Waals surface area contributed by atoms with Gasteiger partial charge in [-0.15, -0.1) is 0 Å². The molecule has 0 spiro atoms. The van der Waals surface area contributed by atoms with Crippen molar-refractivity contribution in [3.05, 3.63) is 144 Å². The lowest BCUT2D eigenvalue weighted by Crippen LogP contribution is -3.00. The average Bonchev–Trinajstić information content (AvgIpc) is 3.25. The Balaban J connectivity index is 0.000000232. The van der Waals surface area contributed by atoms with Gasteiger partial charge in [0.1, 0.15) is 57.4 Å². The zero-order chi connectivity index (χ0) is 46.5. The number of carbonyl (C=O) groups excluding carboxylic acids is 3. The smallest absolute Gasteiger partial charge is 0.411 e. The molecule has 5 aromatic carbocycles. The van der Waals surface area contributed by atoms with Crippen molar-refractivity contribution in [2.75, 3.05) is 54.6 Å². The van der Waals surface area contributed by atoms with Gasteiger partial charge in [-0.25, -0.2) is 9.59 Å². The Morgan fingerprint density at radius 1 is 0.538 bits per heavy atom. The lowest BCUT2D eigenvalue weighted by Gasteiger charge is -2.35. The van der Waals surface area contributed by atoms with Gasteiger partial charge in [-0.05, 0) is 119 Å². The van der Waals surface area contributed by atoms with E-state index in [2.05, 4.69) is 103 Å². The molecule has 0 aromatic heterocycles. The molecule has 0 unspecified atom stereocenters. The molecule has 0 saturated carbocycles. The second kappa shape index (κ2) is 23.4. The SMILES string of the molecule is CC(C)(C)OC(=O)N1CC(=O)C1.COc1cc(C=C2CN(C(=O)OC(C)(C)C)C2)cc(OC)c1.COc1cc(C[P+](c2ccccc2)(c2ccccc2)c2ccccc2)cc(OC)c1.[Br-]. The first kappa shape index (κ1) is 51.8. The molecule has 2 amide bonds. The molecule has 2 heterocycles. The quantitative estimate of drug-likeness (QED) is 0.148. The number of likely N-dealkylation sites (tertiary alicyclic amines) is 2. The van der Waals surface area contributed by atoms with Crippen LogP contribution in [0, 0.1) is 0 Å². The number of benzene rings is 5. The van der Waals surface area contributed by atoms with E-state index in [-0.39, 0.29) is 41.9 Å². The highest BCUT2D eigenvalue weighted by Gasteiger charge is 2.45. The van der Waals surface area contributed by atoms with E-state index in [1.807, 2.05) is 51.1 Å². The van der Waals surface area contributed by atoms with E-state index >= 15 is 0 Å².